The van der Waals surface area contributed by atoms with Gasteiger partial charge < -0.3 is 27.1 Å². The molecule has 29 heavy (non-hydrogen) atoms. The first-order chi connectivity index (χ1) is 13.9. The van der Waals surface area contributed by atoms with Gasteiger partial charge in [0.2, 0.25) is 5.95 Å². The Labute approximate surface area is 172 Å². The van der Waals surface area contributed by atoms with Gasteiger partial charge in [0.15, 0.2) is 0 Å². The minimum absolute atomic E-state index is 0.140. The quantitative estimate of drug-likeness (QED) is 0.342. The van der Waals surface area contributed by atoms with Gasteiger partial charge in [-0.15, -0.1) is 17.0 Å². The molecule has 0 spiro atoms. The van der Waals surface area contributed by atoms with Gasteiger partial charge in [0.05, 0.1) is 0 Å². The molecule has 146 valence electrons. The molecule has 0 aliphatic carbocycles. The summed E-state index contributed by atoms with van der Waals surface area (Å²) in [4.78, 5) is 10.8. The Morgan fingerprint density at radius 2 is 1.90 bits per heavy atom. The number of hydrogen-bond donors (Lipinski definition) is 3. The van der Waals surface area contributed by atoms with Crippen LogP contribution in [0.15, 0.2) is 54.7 Å². The van der Waals surface area contributed by atoms with Crippen LogP contribution in [0.1, 0.15) is 10.4 Å². The van der Waals surface area contributed by atoms with Gasteiger partial charge in [0, 0.05) is 46.9 Å². The Morgan fingerprint density at radius 1 is 1.07 bits per heavy atom. The van der Waals surface area contributed by atoms with Crippen molar-refractivity contribution in [3.63, 3.8) is 0 Å². The summed E-state index contributed by atoms with van der Waals surface area (Å²) in [5.74, 6) is 0.744. The average molecular weight is 403 g/mol. The maximum Gasteiger partial charge on any atom is 0.221 e. The monoisotopic (exact) mass is 402 g/mol. The summed E-state index contributed by atoms with van der Waals surface area (Å²) in [5.41, 5.74) is 14.8. The van der Waals surface area contributed by atoms with Crippen molar-refractivity contribution in [2.45, 2.75) is 0 Å². The number of fused-ring (bicyclic) bond motifs is 1. The fourth-order valence-electron chi connectivity index (χ4n) is 2.99. The Bertz CT molecular complexity index is 1210. The van der Waals surface area contributed by atoms with Crippen LogP contribution in [-0.4, -0.2) is 29.8 Å². The lowest BCUT2D eigenvalue weighted by atomic mass is 10.1. The molecule has 0 fully saturated rings. The first-order valence-electron chi connectivity index (χ1n) is 8.93. The molecule has 8 heteroatoms. The number of benzene rings is 2. The third-order valence-electron chi connectivity index (χ3n) is 4.50. The van der Waals surface area contributed by atoms with Gasteiger partial charge in [-0.25, -0.2) is 4.98 Å². The lowest BCUT2D eigenvalue weighted by molar-refractivity contribution is 1.14. The SMILES string of the molecule is CN(C)c1ccc2sc(C(=[N-])c3cc(Nc4ccnc(N)n4)ccc3N)cc2c1. The van der Waals surface area contributed by atoms with Gasteiger partial charge in [-0.05, 0) is 59.5 Å². The summed E-state index contributed by atoms with van der Waals surface area (Å²) in [7, 11) is 4.00. The topological polar surface area (TPSA) is 115 Å². The van der Waals surface area contributed by atoms with E-state index in [4.69, 9.17) is 11.5 Å². The van der Waals surface area contributed by atoms with Crippen LogP contribution in [0.5, 0.6) is 0 Å². The number of anilines is 5. The number of nitrogen functional groups attached to an aromatic ring is 2. The zero-order chi connectivity index (χ0) is 20.5. The third kappa shape index (κ3) is 3.83. The van der Waals surface area contributed by atoms with Crippen molar-refractivity contribution in [2.24, 2.45) is 0 Å². The van der Waals surface area contributed by atoms with Crippen molar-refractivity contribution in [1.29, 1.82) is 0 Å². The second-order valence-corrected chi connectivity index (χ2v) is 7.89. The van der Waals surface area contributed by atoms with Crippen molar-refractivity contribution >= 4 is 56.0 Å². The Hall–Kier alpha value is -3.65. The molecular weight excluding hydrogens is 382 g/mol. The molecule has 4 rings (SSSR count). The highest BCUT2D eigenvalue weighted by Gasteiger charge is 2.09. The smallest absolute Gasteiger partial charge is 0.221 e. The molecule has 0 saturated heterocycles. The zero-order valence-electron chi connectivity index (χ0n) is 16.0. The van der Waals surface area contributed by atoms with Gasteiger partial charge in [-0.3, -0.25) is 0 Å². The van der Waals surface area contributed by atoms with Crippen LogP contribution in [0.4, 0.5) is 28.8 Å². The van der Waals surface area contributed by atoms with Crippen LogP contribution >= 0.6 is 11.3 Å². The van der Waals surface area contributed by atoms with E-state index in [0.717, 1.165) is 26.3 Å². The molecule has 0 saturated carbocycles. The van der Waals surface area contributed by atoms with Crippen LogP contribution in [0.25, 0.3) is 15.5 Å². The van der Waals surface area contributed by atoms with Crippen LogP contribution in [0.3, 0.4) is 0 Å². The molecule has 0 bridgehead atoms. The summed E-state index contributed by atoms with van der Waals surface area (Å²) in [6.07, 6.45) is 1.58. The first kappa shape index (κ1) is 18.7. The van der Waals surface area contributed by atoms with Gasteiger partial charge in [0.25, 0.3) is 0 Å². The zero-order valence-corrected chi connectivity index (χ0v) is 16.9. The van der Waals surface area contributed by atoms with Crippen molar-refractivity contribution in [3.05, 3.63) is 70.6 Å². The summed E-state index contributed by atoms with van der Waals surface area (Å²) in [6.45, 7) is 0. The molecule has 0 atom stereocenters. The first-order valence-corrected chi connectivity index (χ1v) is 9.75. The molecule has 0 aliphatic heterocycles. The second kappa shape index (κ2) is 7.40. The highest BCUT2D eigenvalue weighted by molar-refractivity contribution is 7.21. The predicted octanol–water partition coefficient (Wildman–Crippen LogP) is 4.07. The highest BCUT2D eigenvalue weighted by atomic mass is 32.1. The molecule has 5 N–H and O–H groups in total. The van der Waals surface area contributed by atoms with E-state index in [9.17, 15) is 5.41 Å². The molecule has 0 amide bonds. The van der Waals surface area contributed by atoms with E-state index in [2.05, 4.69) is 33.5 Å². The minimum atomic E-state index is 0.140. The molecule has 4 aromatic rings. The number of nitrogens with one attached hydrogen (secondary N) is 1. The lowest BCUT2D eigenvalue weighted by Crippen LogP contribution is -2.07. The summed E-state index contributed by atoms with van der Waals surface area (Å²) >= 11 is 1.52. The van der Waals surface area contributed by atoms with Crippen LogP contribution in [0.2, 0.25) is 0 Å². The number of aromatic nitrogens is 2. The number of thiophene rings is 1. The Kier molecular flexibility index (Phi) is 4.77. The molecular formula is C21H20N7S-. The lowest BCUT2D eigenvalue weighted by Gasteiger charge is -2.16. The van der Waals surface area contributed by atoms with Crippen LogP contribution in [-0.2, 0) is 0 Å². The van der Waals surface area contributed by atoms with E-state index in [1.807, 2.05) is 31.1 Å². The van der Waals surface area contributed by atoms with Crippen molar-refractivity contribution in [1.82, 2.24) is 9.97 Å². The average Bonchev–Trinajstić information content (AvgIpc) is 3.12. The normalized spacial score (nSPS) is 10.8. The van der Waals surface area contributed by atoms with Crippen molar-refractivity contribution in [3.8, 4) is 0 Å². The summed E-state index contributed by atoms with van der Waals surface area (Å²) in [5, 5.41) is 15.2. The number of hydrogen-bond acceptors (Lipinski definition) is 7. The minimum Gasteiger partial charge on any atom is -0.802 e. The third-order valence-corrected chi connectivity index (χ3v) is 5.63. The van der Waals surface area contributed by atoms with E-state index < -0.39 is 0 Å². The van der Waals surface area contributed by atoms with E-state index >= 15 is 0 Å². The fraction of sp³-hybridized carbons (Fsp3) is 0.0952. The van der Waals surface area contributed by atoms with E-state index in [1.165, 1.54) is 11.3 Å². The fourth-order valence-corrected chi connectivity index (χ4v) is 3.99. The highest BCUT2D eigenvalue weighted by Crippen LogP contribution is 2.32. The van der Waals surface area contributed by atoms with Crippen LogP contribution < -0.4 is 21.7 Å². The van der Waals surface area contributed by atoms with Crippen molar-refractivity contribution in [2.75, 3.05) is 35.8 Å². The molecule has 0 aliphatic rings. The summed E-state index contributed by atoms with van der Waals surface area (Å²) < 4.78 is 1.10. The van der Waals surface area contributed by atoms with Gasteiger partial charge in [-0.1, -0.05) is 0 Å². The van der Waals surface area contributed by atoms with Gasteiger partial charge >= 0.3 is 0 Å². The molecule has 2 aromatic carbocycles. The number of nitrogens with two attached hydrogens (primary N) is 2. The van der Waals surface area contributed by atoms with Gasteiger partial charge in [-0.2, -0.15) is 4.98 Å². The number of nitrogens with zero attached hydrogens (tertiary/aromatic N) is 4. The van der Waals surface area contributed by atoms with Gasteiger partial charge in [0.1, 0.15) is 5.82 Å². The van der Waals surface area contributed by atoms with Crippen molar-refractivity contribution < 1.29 is 0 Å². The van der Waals surface area contributed by atoms with E-state index in [-0.39, 0.29) is 11.7 Å². The largest absolute Gasteiger partial charge is 0.802 e. The standard InChI is InChI=1S/C21H20N7S/c1-28(2)14-4-6-17-12(9-14)10-18(29-17)20(23)15-11-13(3-5-16(15)22)26-19-7-8-25-21(24)27-19/h3-11H,22H2,1-2H3,(H3,24,25,26,27)/q-1. The maximum absolute atomic E-state index is 11.0. The predicted molar refractivity (Wildman–Crippen MR) is 123 cm³/mol. The molecule has 0 radical (unpaired) electrons. The van der Waals surface area contributed by atoms with E-state index in [0.29, 0.717) is 17.1 Å². The Balaban J connectivity index is 1.67. The second-order valence-electron chi connectivity index (χ2n) is 6.80. The maximum atomic E-state index is 11.0. The molecule has 2 heterocycles. The Morgan fingerprint density at radius 3 is 2.66 bits per heavy atom. The number of rotatable bonds is 5. The van der Waals surface area contributed by atoms with E-state index in [1.54, 1.807) is 24.4 Å². The summed E-state index contributed by atoms with van der Waals surface area (Å²) in [6, 6.07) is 15.3. The van der Waals surface area contributed by atoms with Crippen LogP contribution in [0, 0.1) is 0 Å². The molecule has 2 aromatic heterocycles. The molecule has 7 nitrogen and oxygen atoms in total. The molecule has 0 unspecified atom stereocenters.